The number of halogens is 5. The summed E-state index contributed by atoms with van der Waals surface area (Å²) in [6.45, 7) is 29.7. The van der Waals surface area contributed by atoms with Crippen molar-refractivity contribution in [2.24, 2.45) is 0 Å². The van der Waals surface area contributed by atoms with Crippen LogP contribution in [0.25, 0.3) is 0 Å². The van der Waals surface area contributed by atoms with E-state index in [0.29, 0.717) is 12.8 Å². The minimum Gasteiger partial charge on any atom is -0.870 e. The summed E-state index contributed by atoms with van der Waals surface area (Å²) >= 11 is 18.9. The third-order valence-electron chi connectivity index (χ3n) is 10.5. The monoisotopic (exact) mass is 1200 g/mol. The van der Waals surface area contributed by atoms with Gasteiger partial charge >= 0.3 is 29.6 Å². The Morgan fingerprint density at radius 1 is 0.672 bits per heavy atom. The van der Waals surface area contributed by atoms with Crippen LogP contribution in [-0.4, -0.2) is 41.5 Å². The number of anilines is 4. The minimum absolute atomic E-state index is 0. The van der Waals surface area contributed by atoms with Crippen molar-refractivity contribution in [3.05, 3.63) is 135 Å². The molecule has 0 saturated heterocycles. The second kappa shape index (κ2) is 28.9. The van der Waals surface area contributed by atoms with Crippen molar-refractivity contribution in [2.45, 2.75) is 121 Å². The molecule has 0 fully saturated rings. The molecule has 0 spiro atoms. The molecule has 9 nitrogen and oxygen atoms in total. The maximum absolute atomic E-state index is 12.1. The van der Waals surface area contributed by atoms with E-state index in [2.05, 4.69) is 129 Å². The number of benzene rings is 4. The number of amides is 3. The molecule has 2 aliphatic rings. The van der Waals surface area contributed by atoms with Gasteiger partial charge in [0.2, 0.25) is 23.0 Å². The average Bonchev–Trinajstić information content (AvgIpc) is 3.17. The molecule has 2 aliphatic heterocycles. The van der Waals surface area contributed by atoms with E-state index in [1.54, 1.807) is 6.08 Å². The maximum Gasteiger partial charge on any atom is 1.00 e. The van der Waals surface area contributed by atoms with Crippen molar-refractivity contribution < 1.29 is 54.2 Å². The van der Waals surface area contributed by atoms with E-state index in [1.807, 2.05) is 108 Å². The molecule has 4 aromatic rings. The van der Waals surface area contributed by atoms with Crippen molar-refractivity contribution >= 4 is 121 Å². The van der Waals surface area contributed by atoms with E-state index < -0.39 is 5.24 Å². The van der Waals surface area contributed by atoms with Crippen LogP contribution >= 0.6 is 75.3 Å². The summed E-state index contributed by atoms with van der Waals surface area (Å²) in [6.07, 6.45) is 4.13. The van der Waals surface area contributed by atoms with Gasteiger partial charge in [-0.15, -0.1) is 0 Å². The molecule has 6 rings (SSSR count). The molecule has 0 unspecified atom stereocenters. The van der Waals surface area contributed by atoms with Crippen LogP contribution < -0.4 is 50.4 Å². The van der Waals surface area contributed by atoms with Crippen molar-refractivity contribution in [1.82, 2.24) is 0 Å². The zero-order chi connectivity index (χ0) is 49.7. The fourth-order valence-electron chi connectivity index (χ4n) is 7.33. The second-order valence-electron chi connectivity index (χ2n) is 17.8. The number of nitrogens with two attached hydrogens (primary N) is 1. The number of aryl methyl sites for hydroxylation is 3. The number of allylic oxidation sites excluding steroid dienone is 3. The molecule has 360 valence electrons. The smallest absolute Gasteiger partial charge is 0.870 e. The molecule has 0 atom stereocenters. The summed E-state index contributed by atoms with van der Waals surface area (Å²) in [7, 11) is 0. The van der Waals surface area contributed by atoms with Crippen LogP contribution in [0.2, 0.25) is 0 Å². The molecule has 0 radical (unpaired) electrons. The molecule has 67 heavy (non-hydrogen) atoms. The number of fused-ring (bicyclic) bond motifs is 2. The topological polar surface area (TPSA) is 143 Å². The van der Waals surface area contributed by atoms with Gasteiger partial charge in [0.05, 0.1) is 0 Å². The predicted octanol–water partition coefficient (Wildman–Crippen LogP) is 12.1. The Labute approximate surface area is 460 Å². The molecule has 15 heteroatoms. The molecular weight excluding hydrogens is 1140 g/mol. The average molecular weight is 1210 g/mol. The standard InChI is InChI=1S/2C14H18BrNO.C12H14BrNO.C7H8BrN.C5H7ClO.Na.H2O/c1-5-16-12-6-9(2)11(15)7-10(12)14(3,4)8-13(16)17;1-5-16-11-7-6-10(15)9(2)13(11)14(3,4)8-12(16)17;1-8(2)6-12(15)14-10-4-5-11(13)9(3)7-10;1-5-4-6(9)2-3-7(5)8;1-4(2)3-5(6)7;;/h2*6-7H,5,8H2,1-4H3;4-7H,1-3H3,(H,14,15);2-4H,9H2,1H3;3H,1-2H3;;1H2/q;;;;;+1;/p-1. The fraction of sp³-hybridized carbons (Fsp3) is 0.385. The van der Waals surface area contributed by atoms with Gasteiger partial charge in [-0.25, -0.2) is 0 Å². The number of nitrogen functional groups attached to an aromatic ring is 1. The molecule has 4 N–H and O–H groups in total. The van der Waals surface area contributed by atoms with E-state index in [4.69, 9.17) is 17.3 Å². The van der Waals surface area contributed by atoms with Crippen molar-refractivity contribution in [3.8, 4) is 0 Å². The summed E-state index contributed by atoms with van der Waals surface area (Å²) in [6, 6.07) is 19.8. The number of carbonyl (C=O) groups excluding carboxylic acids is 4. The number of rotatable bonds is 5. The van der Waals surface area contributed by atoms with E-state index >= 15 is 0 Å². The molecule has 0 saturated carbocycles. The number of hydrogen-bond donors (Lipinski definition) is 2. The van der Waals surface area contributed by atoms with Crippen LogP contribution in [0, 0.1) is 27.7 Å². The van der Waals surface area contributed by atoms with Gasteiger partial charge in [-0.1, -0.05) is 103 Å². The normalized spacial score (nSPS) is 13.5. The van der Waals surface area contributed by atoms with Gasteiger partial charge in [-0.3, -0.25) is 19.2 Å². The quantitative estimate of drug-likeness (QED) is 0.0882. The largest absolute Gasteiger partial charge is 1.00 e. The van der Waals surface area contributed by atoms with Gasteiger partial charge in [0, 0.05) is 83.5 Å². The first-order valence-electron chi connectivity index (χ1n) is 21.4. The summed E-state index contributed by atoms with van der Waals surface area (Å²) in [5, 5.41) is 2.40. The fourth-order valence-corrected chi connectivity index (χ4v) is 8.72. The van der Waals surface area contributed by atoms with Crippen LogP contribution in [0.5, 0.6) is 0 Å². The van der Waals surface area contributed by atoms with Crippen LogP contribution in [0.3, 0.4) is 0 Å². The summed E-state index contributed by atoms with van der Waals surface area (Å²) < 4.78 is 4.39. The van der Waals surface area contributed by atoms with E-state index in [1.165, 1.54) is 33.9 Å². The molecule has 0 aliphatic carbocycles. The van der Waals surface area contributed by atoms with Gasteiger partial charge in [0.15, 0.2) is 0 Å². The Morgan fingerprint density at radius 3 is 1.58 bits per heavy atom. The molecule has 3 amide bonds. The summed E-state index contributed by atoms with van der Waals surface area (Å²) in [5.74, 6) is 0.371. The minimum atomic E-state index is -0.403. The van der Waals surface area contributed by atoms with Gasteiger partial charge < -0.3 is 26.3 Å². The zero-order valence-corrected chi connectivity index (χ0v) is 50.8. The maximum atomic E-state index is 12.1. The van der Waals surface area contributed by atoms with Gasteiger partial charge in [0.1, 0.15) is 0 Å². The number of hydrogen-bond acceptors (Lipinski definition) is 6. The molecule has 2 heterocycles. The van der Waals surface area contributed by atoms with Gasteiger partial charge in [-0.05, 0) is 181 Å². The number of carbonyl (C=O) groups is 4. The van der Waals surface area contributed by atoms with E-state index in [0.717, 1.165) is 70.4 Å². The Hall–Kier alpha value is -2.59. The van der Waals surface area contributed by atoms with Gasteiger partial charge in [0.25, 0.3) is 0 Å². The zero-order valence-electron chi connectivity index (χ0n) is 41.7. The van der Waals surface area contributed by atoms with E-state index in [9.17, 15) is 19.2 Å². The first-order valence-corrected chi connectivity index (χ1v) is 24.9. The first-order chi connectivity index (χ1) is 30.1. The van der Waals surface area contributed by atoms with Crippen LogP contribution in [0.1, 0.15) is 115 Å². The Bertz CT molecular complexity index is 2430. The molecular formula is C52H66Br4ClN4NaO5. The third-order valence-corrected chi connectivity index (χ3v) is 14.1. The van der Waals surface area contributed by atoms with Crippen LogP contribution in [0.15, 0.2) is 102 Å². The van der Waals surface area contributed by atoms with Crippen LogP contribution in [-0.2, 0) is 30.0 Å². The Kier molecular flexibility index (Phi) is 27.8. The predicted molar refractivity (Wildman–Crippen MR) is 292 cm³/mol. The van der Waals surface area contributed by atoms with Crippen LogP contribution in [0.4, 0.5) is 22.7 Å². The first kappa shape index (κ1) is 64.4. The molecule has 0 bridgehead atoms. The van der Waals surface area contributed by atoms with E-state index in [-0.39, 0.29) is 63.6 Å². The Morgan fingerprint density at radius 2 is 1.13 bits per heavy atom. The second-order valence-corrected chi connectivity index (χ2v) is 21.6. The SMILES string of the molecule is CC(C)=CC(=O)Cl.CC(C)=CC(=O)Nc1ccc(Br)c(C)c1.CCN1C(=O)CC(C)(C)c2c1ccc(Br)c2C.CCN1C(=O)CC(C)(C)c2cc(Br)c(C)cc21.Cc1cc(N)ccc1Br.[Na+].[OH-]. The molecule has 4 aromatic carbocycles. The van der Waals surface area contributed by atoms with Crippen molar-refractivity contribution in [1.29, 1.82) is 0 Å². The summed E-state index contributed by atoms with van der Waals surface area (Å²) in [4.78, 5) is 49.4. The Balaban J connectivity index is 0.000000834. The van der Waals surface area contributed by atoms with Gasteiger partial charge in [-0.2, -0.15) is 0 Å². The number of nitrogens with one attached hydrogen (secondary N) is 1. The number of nitrogens with zero attached hydrogens (tertiary/aromatic N) is 2. The molecule has 0 aromatic heterocycles. The van der Waals surface area contributed by atoms with Crippen molar-refractivity contribution in [2.75, 3.05) is 33.9 Å². The van der Waals surface area contributed by atoms with Crippen molar-refractivity contribution in [3.63, 3.8) is 0 Å². The summed E-state index contributed by atoms with van der Waals surface area (Å²) in [5.41, 5.74) is 18.3. The third kappa shape index (κ3) is 19.6.